The van der Waals surface area contributed by atoms with Gasteiger partial charge in [0, 0.05) is 13.1 Å². The first-order valence-electron chi connectivity index (χ1n) is 6.54. The normalized spacial score (nSPS) is 16.1. The lowest BCUT2D eigenvalue weighted by Crippen LogP contribution is -2.46. The molecule has 1 N–H and O–H groups in total. The molecule has 0 saturated carbocycles. The van der Waals surface area contributed by atoms with Gasteiger partial charge in [-0.05, 0) is 47.8 Å². The van der Waals surface area contributed by atoms with Crippen molar-refractivity contribution in [1.29, 1.82) is 0 Å². The topological polar surface area (TPSA) is 49.4 Å². The molecule has 1 atom stereocenters. The summed E-state index contributed by atoms with van der Waals surface area (Å²) in [6, 6.07) is 3.83. The molecule has 2 amide bonds. The van der Waals surface area contributed by atoms with Gasteiger partial charge in [-0.2, -0.15) is 0 Å². The van der Waals surface area contributed by atoms with Gasteiger partial charge in [-0.25, -0.2) is 4.39 Å². The first-order chi connectivity index (χ1) is 9.50. The van der Waals surface area contributed by atoms with Crippen molar-refractivity contribution < 1.29 is 14.0 Å². The van der Waals surface area contributed by atoms with E-state index in [0.717, 1.165) is 25.9 Å². The third-order valence-corrected chi connectivity index (χ3v) is 3.94. The fourth-order valence-electron chi connectivity index (χ4n) is 2.23. The number of hydrogen-bond acceptors (Lipinski definition) is 2. The van der Waals surface area contributed by atoms with Crippen LogP contribution in [0.1, 0.15) is 30.1 Å². The standard InChI is InChI=1S/C14H16BrFN2O2/c1-9(14(20)18-7-2-3-8-18)17-13(19)10-5-4-6-11(15)12(10)16/h4-6,9H,2-3,7-8H2,1H3,(H,17,19). The van der Waals surface area contributed by atoms with E-state index in [1.54, 1.807) is 17.9 Å². The molecule has 1 fully saturated rings. The summed E-state index contributed by atoms with van der Waals surface area (Å²) in [5.74, 6) is -1.32. The van der Waals surface area contributed by atoms with Crippen LogP contribution in [0.4, 0.5) is 4.39 Å². The van der Waals surface area contributed by atoms with E-state index in [4.69, 9.17) is 0 Å². The molecule has 0 radical (unpaired) electrons. The summed E-state index contributed by atoms with van der Waals surface area (Å²) < 4.78 is 14.0. The van der Waals surface area contributed by atoms with Crippen molar-refractivity contribution in [2.45, 2.75) is 25.8 Å². The van der Waals surface area contributed by atoms with E-state index in [0.29, 0.717) is 0 Å². The predicted molar refractivity (Wildman–Crippen MR) is 76.8 cm³/mol. The predicted octanol–water partition coefficient (Wildman–Crippen LogP) is 2.33. The Balaban J connectivity index is 2.03. The molecule has 1 unspecified atom stereocenters. The average molecular weight is 343 g/mol. The summed E-state index contributed by atoms with van der Waals surface area (Å²) in [7, 11) is 0. The maximum absolute atomic E-state index is 13.8. The highest BCUT2D eigenvalue weighted by Crippen LogP contribution is 2.18. The highest BCUT2D eigenvalue weighted by molar-refractivity contribution is 9.10. The molecule has 1 aromatic carbocycles. The molecule has 1 heterocycles. The quantitative estimate of drug-likeness (QED) is 0.916. The maximum Gasteiger partial charge on any atom is 0.254 e. The van der Waals surface area contributed by atoms with Crippen LogP contribution in [0.3, 0.4) is 0 Å². The molecule has 4 nitrogen and oxygen atoms in total. The molecule has 1 saturated heterocycles. The van der Waals surface area contributed by atoms with E-state index in [1.165, 1.54) is 12.1 Å². The van der Waals surface area contributed by atoms with E-state index in [1.807, 2.05) is 0 Å². The van der Waals surface area contributed by atoms with Crippen LogP contribution in [0.2, 0.25) is 0 Å². The summed E-state index contributed by atoms with van der Waals surface area (Å²) in [6.45, 7) is 3.07. The number of carbonyl (C=O) groups is 2. The first-order valence-corrected chi connectivity index (χ1v) is 7.33. The largest absolute Gasteiger partial charge is 0.341 e. The number of benzene rings is 1. The zero-order valence-electron chi connectivity index (χ0n) is 11.2. The van der Waals surface area contributed by atoms with Crippen LogP contribution in [-0.4, -0.2) is 35.8 Å². The molecule has 1 aliphatic rings. The van der Waals surface area contributed by atoms with E-state index in [2.05, 4.69) is 21.2 Å². The Bertz CT molecular complexity index is 530. The van der Waals surface area contributed by atoms with Gasteiger partial charge in [0.15, 0.2) is 0 Å². The molecule has 0 bridgehead atoms. The molecular weight excluding hydrogens is 327 g/mol. The molecule has 108 valence electrons. The third kappa shape index (κ3) is 3.17. The SMILES string of the molecule is CC(NC(=O)c1cccc(Br)c1F)C(=O)N1CCCC1. The van der Waals surface area contributed by atoms with Crippen molar-refractivity contribution in [1.82, 2.24) is 10.2 Å². The maximum atomic E-state index is 13.8. The van der Waals surface area contributed by atoms with Crippen LogP contribution in [0, 0.1) is 5.82 Å². The van der Waals surface area contributed by atoms with E-state index < -0.39 is 17.8 Å². The van der Waals surface area contributed by atoms with Crippen LogP contribution in [0.25, 0.3) is 0 Å². The monoisotopic (exact) mass is 342 g/mol. The molecule has 2 rings (SSSR count). The van der Waals surface area contributed by atoms with Crippen molar-refractivity contribution >= 4 is 27.7 Å². The Morgan fingerprint density at radius 2 is 2.00 bits per heavy atom. The summed E-state index contributed by atoms with van der Waals surface area (Å²) in [5, 5.41) is 2.55. The number of carbonyl (C=O) groups excluding carboxylic acids is 2. The van der Waals surface area contributed by atoms with Crippen molar-refractivity contribution in [3.8, 4) is 0 Å². The fourth-order valence-corrected chi connectivity index (χ4v) is 2.59. The summed E-state index contributed by atoms with van der Waals surface area (Å²) in [4.78, 5) is 25.8. The van der Waals surface area contributed by atoms with Crippen LogP contribution in [0.15, 0.2) is 22.7 Å². The minimum Gasteiger partial charge on any atom is -0.341 e. The third-order valence-electron chi connectivity index (χ3n) is 3.33. The van der Waals surface area contributed by atoms with Crippen LogP contribution in [-0.2, 0) is 4.79 Å². The van der Waals surface area contributed by atoms with Crippen LogP contribution in [0.5, 0.6) is 0 Å². The Morgan fingerprint density at radius 1 is 1.35 bits per heavy atom. The van der Waals surface area contributed by atoms with Gasteiger partial charge in [-0.1, -0.05) is 6.07 Å². The molecule has 20 heavy (non-hydrogen) atoms. The zero-order chi connectivity index (χ0) is 14.7. The summed E-state index contributed by atoms with van der Waals surface area (Å²) in [5.41, 5.74) is -0.0690. The van der Waals surface area contributed by atoms with E-state index in [-0.39, 0.29) is 15.9 Å². The Hall–Kier alpha value is -1.43. The van der Waals surface area contributed by atoms with Crippen LogP contribution >= 0.6 is 15.9 Å². The molecule has 0 spiro atoms. The van der Waals surface area contributed by atoms with Crippen LogP contribution < -0.4 is 5.32 Å². The molecule has 0 aliphatic carbocycles. The van der Waals surface area contributed by atoms with Gasteiger partial charge in [0.25, 0.3) is 5.91 Å². The second-order valence-electron chi connectivity index (χ2n) is 4.83. The minimum atomic E-state index is -0.654. The van der Waals surface area contributed by atoms with Gasteiger partial charge in [-0.15, -0.1) is 0 Å². The smallest absolute Gasteiger partial charge is 0.254 e. The zero-order valence-corrected chi connectivity index (χ0v) is 12.7. The second-order valence-corrected chi connectivity index (χ2v) is 5.68. The lowest BCUT2D eigenvalue weighted by molar-refractivity contribution is -0.131. The number of amides is 2. The summed E-state index contributed by atoms with van der Waals surface area (Å²) in [6.07, 6.45) is 1.99. The van der Waals surface area contributed by atoms with E-state index >= 15 is 0 Å². The molecular formula is C14H16BrFN2O2. The van der Waals surface area contributed by atoms with Crippen molar-refractivity contribution in [2.24, 2.45) is 0 Å². The highest BCUT2D eigenvalue weighted by atomic mass is 79.9. The fraction of sp³-hybridized carbons (Fsp3) is 0.429. The Labute approximate surface area is 125 Å². The number of nitrogens with one attached hydrogen (secondary N) is 1. The lowest BCUT2D eigenvalue weighted by atomic mass is 10.2. The Kier molecular flexibility index (Phi) is 4.75. The van der Waals surface area contributed by atoms with Gasteiger partial charge >= 0.3 is 0 Å². The lowest BCUT2D eigenvalue weighted by Gasteiger charge is -2.21. The molecule has 1 aromatic rings. The molecule has 6 heteroatoms. The minimum absolute atomic E-state index is 0.0690. The second kappa shape index (κ2) is 6.35. The molecule has 0 aromatic heterocycles. The number of nitrogens with zero attached hydrogens (tertiary/aromatic N) is 1. The van der Waals surface area contributed by atoms with E-state index in [9.17, 15) is 14.0 Å². The highest BCUT2D eigenvalue weighted by Gasteiger charge is 2.25. The molecule has 1 aliphatic heterocycles. The van der Waals surface area contributed by atoms with Gasteiger partial charge < -0.3 is 10.2 Å². The van der Waals surface area contributed by atoms with Gasteiger partial charge in [0.05, 0.1) is 10.0 Å². The van der Waals surface area contributed by atoms with Gasteiger partial charge in [0.1, 0.15) is 11.9 Å². The first kappa shape index (κ1) is 15.0. The number of likely N-dealkylation sites (tertiary alicyclic amines) is 1. The van der Waals surface area contributed by atoms with Crippen molar-refractivity contribution in [3.63, 3.8) is 0 Å². The number of rotatable bonds is 3. The van der Waals surface area contributed by atoms with Gasteiger partial charge in [-0.3, -0.25) is 9.59 Å². The summed E-state index contributed by atoms with van der Waals surface area (Å²) >= 11 is 3.03. The van der Waals surface area contributed by atoms with Gasteiger partial charge in [0.2, 0.25) is 5.91 Å². The van der Waals surface area contributed by atoms with Crippen molar-refractivity contribution in [3.05, 3.63) is 34.1 Å². The Morgan fingerprint density at radius 3 is 2.65 bits per heavy atom. The number of hydrogen-bond donors (Lipinski definition) is 1. The van der Waals surface area contributed by atoms with Crippen molar-refractivity contribution in [2.75, 3.05) is 13.1 Å². The average Bonchev–Trinajstić information content (AvgIpc) is 2.94. The number of halogens is 2.